The van der Waals surface area contributed by atoms with E-state index in [1.807, 2.05) is 32.0 Å². The highest BCUT2D eigenvalue weighted by atomic mass is 32.2. The van der Waals surface area contributed by atoms with Crippen LogP contribution in [0.5, 0.6) is 0 Å². The van der Waals surface area contributed by atoms with E-state index < -0.39 is 11.7 Å². The van der Waals surface area contributed by atoms with E-state index in [1.54, 1.807) is 10.7 Å². The summed E-state index contributed by atoms with van der Waals surface area (Å²) >= 11 is 1.30. The molecule has 0 radical (unpaired) electrons. The molecule has 0 unspecified atom stereocenters. The number of halogens is 3. The Kier molecular flexibility index (Phi) is 4.80. The van der Waals surface area contributed by atoms with Gasteiger partial charge in [0.2, 0.25) is 5.16 Å². The lowest BCUT2D eigenvalue weighted by Crippen LogP contribution is -2.05. The smallest absolute Gasteiger partial charge is 0.187 e. The van der Waals surface area contributed by atoms with Crippen molar-refractivity contribution in [2.75, 3.05) is 0 Å². The zero-order valence-corrected chi connectivity index (χ0v) is 14.4. The molecule has 0 N–H and O–H groups in total. The van der Waals surface area contributed by atoms with E-state index in [0.717, 1.165) is 28.9 Å². The monoisotopic (exact) mass is 364 g/mol. The lowest BCUT2D eigenvalue weighted by atomic mass is 10.1. The quantitative estimate of drug-likeness (QED) is 0.635. The number of thioether (sulfide) groups is 1. The highest BCUT2D eigenvalue weighted by molar-refractivity contribution is 7.98. The third kappa shape index (κ3) is 3.84. The Morgan fingerprint density at radius 1 is 1.08 bits per heavy atom. The lowest BCUT2D eigenvalue weighted by molar-refractivity contribution is -0.137. The Labute approximate surface area is 147 Å². The number of hydrogen-bond donors (Lipinski definition) is 0. The van der Waals surface area contributed by atoms with E-state index in [4.69, 9.17) is 0 Å². The normalized spacial score (nSPS) is 11.7. The van der Waals surface area contributed by atoms with Crippen molar-refractivity contribution in [1.29, 1.82) is 0 Å². The predicted molar refractivity (Wildman–Crippen MR) is 89.6 cm³/mol. The van der Waals surface area contributed by atoms with Gasteiger partial charge in [-0.3, -0.25) is 0 Å². The van der Waals surface area contributed by atoms with Crippen molar-refractivity contribution in [3.05, 3.63) is 64.7 Å². The maximum absolute atomic E-state index is 12.8. The molecule has 0 bridgehead atoms. The minimum absolute atomic E-state index is 0.342. The zero-order valence-electron chi connectivity index (χ0n) is 13.6. The van der Waals surface area contributed by atoms with Crippen LogP contribution < -0.4 is 0 Å². The second-order valence-corrected chi connectivity index (χ2v) is 6.52. The first kappa shape index (κ1) is 17.5. The maximum atomic E-state index is 12.8. The molecule has 3 rings (SSSR count). The van der Waals surface area contributed by atoms with Crippen molar-refractivity contribution in [1.82, 2.24) is 20.2 Å². The highest BCUT2D eigenvalue weighted by Crippen LogP contribution is 2.31. The second-order valence-electron chi connectivity index (χ2n) is 5.58. The molecule has 0 aliphatic carbocycles. The number of nitrogens with zero attached hydrogens (tertiary/aromatic N) is 4. The van der Waals surface area contributed by atoms with Gasteiger partial charge in [-0.2, -0.15) is 17.9 Å². The summed E-state index contributed by atoms with van der Waals surface area (Å²) in [5, 5.41) is 12.2. The van der Waals surface area contributed by atoms with Crippen LogP contribution in [0.4, 0.5) is 13.2 Å². The van der Waals surface area contributed by atoms with Gasteiger partial charge in [-0.1, -0.05) is 42.1 Å². The summed E-state index contributed by atoms with van der Waals surface area (Å²) in [5.74, 6) is 0.342. The molecule has 0 fully saturated rings. The number of alkyl halides is 3. The second kappa shape index (κ2) is 6.87. The van der Waals surface area contributed by atoms with Gasteiger partial charge < -0.3 is 0 Å². The molecule has 25 heavy (non-hydrogen) atoms. The molecule has 3 aromatic rings. The molecule has 0 aliphatic heterocycles. The molecule has 0 aliphatic rings. The number of tetrazole rings is 1. The molecule has 1 heterocycles. The van der Waals surface area contributed by atoms with Crippen LogP contribution in [0.25, 0.3) is 5.69 Å². The van der Waals surface area contributed by atoms with Crippen LogP contribution in [0.15, 0.2) is 47.6 Å². The number of benzene rings is 2. The number of aryl methyl sites for hydroxylation is 1. The summed E-state index contributed by atoms with van der Waals surface area (Å²) in [4.78, 5) is 0. The Balaban J connectivity index is 1.82. The molecule has 0 saturated carbocycles. The van der Waals surface area contributed by atoms with E-state index in [2.05, 4.69) is 15.5 Å². The minimum Gasteiger partial charge on any atom is -0.187 e. The molecule has 130 valence electrons. The van der Waals surface area contributed by atoms with Gasteiger partial charge in [-0.05, 0) is 53.1 Å². The molecule has 0 atom stereocenters. The summed E-state index contributed by atoms with van der Waals surface area (Å²) < 4.78 is 40.0. The fourth-order valence-corrected chi connectivity index (χ4v) is 3.20. The molecule has 0 amide bonds. The fourth-order valence-electron chi connectivity index (χ4n) is 2.37. The van der Waals surface area contributed by atoms with Crippen LogP contribution in [-0.2, 0) is 11.9 Å². The van der Waals surface area contributed by atoms with Crippen LogP contribution in [0.3, 0.4) is 0 Å². The Hall–Kier alpha value is -2.35. The number of hydrogen-bond acceptors (Lipinski definition) is 4. The number of rotatable bonds is 4. The van der Waals surface area contributed by atoms with Crippen LogP contribution in [0.1, 0.15) is 22.3 Å². The summed E-state index contributed by atoms with van der Waals surface area (Å²) in [7, 11) is 0. The first-order valence-corrected chi connectivity index (χ1v) is 8.49. The van der Waals surface area contributed by atoms with Crippen LogP contribution in [0, 0.1) is 13.8 Å². The molecule has 0 saturated heterocycles. The number of aromatic nitrogens is 4. The molecule has 2 aromatic carbocycles. The van der Waals surface area contributed by atoms with Gasteiger partial charge in [0.25, 0.3) is 0 Å². The third-order valence-electron chi connectivity index (χ3n) is 3.87. The van der Waals surface area contributed by atoms with E-state index >= 15 is 0 Å². The van der Waals surface area contributed by atoms with Crippen molar-refractivity contribution in [3.8, 4) is 5.69 Å². The Morgan fingerprint density at radius 2 is 1.84 bits per heavy atom. The zero-order chi connectivity index (χ0) is 18.0. The fraction of sp³-hybridized carbons (Fsp3) is 0.235. The molecular formula is C17H15F3N4S. The van der Waals surface area contributed by atoms with Crippen LogP contribution in [0.2, 0.25) is 0 Å². The van der Waals surface area contributed by atoms with Crippen molar-refractivity contribution < 1.29 is 13.2 Å². The van der Waals surface area contributed by atoms with Gasteiger partial charge in [-0.15, -0.1) is 5.10 Å². The maximum Gasteiger partial charge on any atom is 0.416 e. The van der Waals surface area contributed by atoms with Gasteiger partial charge >= 0.3 is 6.18 Å². The first-order chi connectivity index (χ1) is 11.9. The lowest BCUT2D eigenvalue weighted by Gasteiger charge is -2.10. The molecule has 0 spiro atoms. The Morgan fingerprint density at radius 3 is 2.60 bits per heavy atom. The van der Waals surface area contributed by atoms with Crippen molar-refractivity contribution in [2.45, 2.75) is 30.9 Å². The molecule has 1 aromatic heterocycles. The predicted octanol–water partition coefficient (Wildman–Crippen LogP) is 4.59. The van der Waals surface area contributed by atoms with Crippen molar-refractivity contribution >= 4 is 11.8 Å². The van der Waals surface area contributed by atoms with E-state index in [1.165, 1.54) is 17.8 Å². The average molecular weight is 364 g/mol. The van der Waals surface area contributed by atoms with Gasteiger partial charge in [-0.25, -0.2) is 0 Å². The molecule has 4 nitrogen and oxygen atoms in total. The topological polar surface area (TPSA) is 43.6 Å². The van der Waals surface area contributed by atoms with Crippen molar-refractivity contribution in [3.63, 3.8) is 0 Å². The van der Waals surface area contributed by atoms with E-state index in [-0.39, 0.29) is 0 Å². The SMILES string of the molecule is Cc1cccc(-n2nnnc2SCc2cccc(C(F)(F)F)c2)c1C. The van der Waals surface area contributed by atoms with Crippen LogP contribution in [-0.4, -0.2) is 20.2 Å². The van der Waals surface area contributed by atoms with Crippen LogP contribution >= 0.6 is 11.8 Å². The Bertz CT molecular complexity index is 890. The summed E-state index contributed by atoms with van der Waals surface area (Å²) in [5.41, 5.74) is 2.93. The minimum atomic E-state index is -4.35. The third-order valence-corrected chi connectivity index (χ3v) is 4.86. The average Bonchev–Trinajstić information content (AvgIpc) is 3.03. The highest BCUT2D eigenvalue weighted by Gasteiger charge is 2.30. The van der Waals surface area contributed by atoms with Gasteiger partial charge in [0.05, 0.1) is 11.3 Å². The van der Waals surface area contributed by atoms with Crippen molar-refractivity contribution in [2.24, 2.45) is 0 Å². The van der Waals surface area contributed by atoms with Gasteiger partial charge in [0.1, 0.15) is 0 Å². The first-order valence-electron chi connectivity index (χ1n) is 7.50. The summed E-state index contributed by atoms with van der Waals surface area (Å²) in [6.07, 6.45) is -4.35. The van der Waals surface area contributed by atoms with Gasteiger partial charge in [0.15, 0.2) is 0 Å². The van der Waals surface area contributed by atoms with E-state index in [9.17, 15) is 13.2 Å². The summed E-state index contributed by atoms with van der Waals surface area (Å²) in [6.45, 7) is 3.98. The summed E-state index contributed by atoms with van der Waals surface area (Å²) in [6, 6.07) is 11.1. The largest absolute Gasteiger partial charge is 0.416 e. The van der Waals surface area contributed by atoms with E-state index in [0.29, 0.717) is 16.5 Å². The van der Waals surface area contributed by atoms with Gasteiger partial charge in [0, 0.05) is 5.75 Å². The standard InChI is InChI=1S/C17H15F3N4S/c1-11-5-3-8-15(12(11)2)24-16(21-22-23-24)25-10-13-6-4-7-14(9-13)17(18,19)20/h3-9H,10H2,1-2H3. The molecular weight excluding hydrogens is 349 g/mol. The molecule has 8 heteroatoms.